The van der Waals surface area contributed by atoms with Crippen LogP contribution in [0.4, 0.5) is 5.69 Å². The molecule has 0 aliphatic carbocycles. The molecule has 1 aromatic heterocycles. The Kier molecular flexibility index (Phi) is 6.85. The van der Waals surface area contributed by atoms with Gasteiger partial charge in [-0.2, -0.15) is 0 Å². The lowest BCUT2D eigenvalue weighted by molar-refractivity contribution is 0.0697. The van der Waals surface area contributed by atoms with E-state index in [1.165, 1.54) is 6.07 Å². The van der Waals surface area contributed by atoms with Crippen LogP contribution in [0.2, 0.25) is 10.0 Å². The molecule has 156 valence electrons. The smallest absolute Gasteiger partial charge is 0.335 e. The van der Waals surface area contributed by atoms with Crippen molar-refractivity contribution >= 4 is 34.9 Å². The van der Waals surface area contributed by atoms with Crippen LogP contribution in [0.1, 0.15) is 27.2 Å². The van der Waals surface area contributed by atoms with E-state index in [-0.39, 0.29) is 16.1 Å². The van der Waals surface area contributed by atoms with E-state index in [1.807, 2.05) is 43.1 Å². The van der Waals surface area contributed by atoms with Crippen molar-refractivity contribution < 1.29 is 9.90 Å². The molecule has 3 rings (SSSR count). The number of carboxylic acid groups (broad SMARTS) is 1. The quantitative estimate of drug-likeness (QED) is 0.554. The number of carbonyl (C=O) groups is 1. The molecule has 3 aromatic rings. The number of aromatic carboxylic acids is 1. The van der Waals surface area contributed by atoms with Gasteiger partial charge in [0.15, 0.2) is 0 Å². The minimum absolute atomic E-state index is 0.0727. The normalized spacial score (nSPS) is 10.8. The molecule has 0 bridgehead atoms. The van der Waals surface area contributed by atoms with Crippen molar-refractivity contribution in [2.24, 2.45) is 0 Å². The third kappa shape index (κ3) is 4.86. The van der Waals surface area contributed by atoms with Gasteiger partial charge in [0, 0.05) is 19.3 Å². The molecule has 0 aliphatic rings. The van der Waals surface area contributed by atoms with Crippen LogP contribution in [0.15, 0.2) is 59.4 Å². The van der Waals surface area contributed by atoms with Gasteiger partial charge in [0.2, 0.25) is 0 Å². The van der Waals surface area contributed by atoms with E-state index in [0.29, 0.717) is 30.2 Å². The number of para-hydroxylation sites is 1. The lowest BCUT2D eigenvalue weighted by atomic mass is 10.1. The first-order valence-corrected chi connectivity index (χ1v) is 10.2. The predicted molar refractivity (Wildman–Crippen MR) is 121 cm³/mol. The molecular weight excluding hydrogens is 423 g/mol. The Labute approximate surface area is 185 Å². The summed E-state index contributed by atoms with van der Waals surface area (Å²) in [6.07, 6.45) is 0.539. The number of halogens is 2. The highest BCUT2D eigenvalue weighted by Crippen LogP contribution is 2.24. The third-order valence-corrected chi connectivity index (χ3v) is 5.64. The van der Waals surface area contributed by atoms with Crippen molar-refractivity contribution in [3.63, 3.8) is 0 Å². The average molecular weight is 445 g/mol. The van der Waals surface area contributed by atoms with Gasteiger partial charge >= 0.3 is 5.97 Å². The van der Waals surface area contributed by atoms with Gasteiger partial charge in [0.05, 0.1) is 22.8 Å². The monoisotopic (exact) mass is 444 g/mol. The molecule has 0 fully saturated rings. The standard InChI is InChI=1S/C23H22Cl2N2O3/c1-15-5-3-4-6-20(15)26(2)14-21-18(24)13-19(25)22(28)27(21)12-11-16-7-9-17(10-8-16)23(29)30/h3-10,13H,11-12,14H2,1-2H3,(H,29,30). The van der Waals surface area contributed by atoms with E-state index in [9.17, 15) is 9.59 Å². The molecule has 0 aliphatic heterocycles. The molecule has 0 saturated carbocycles. The molecule has 2 aromatic carbocycles. The summed E-state index contributed by atoms with van der Waals surface area (Å²) in [5, 5.41) is 9.54. The lowest BCUT2D eigenvalue weighted by Crippen LogP contribution is -2.29. The number of anilines is 1. The lowest BCUT2D eigenvalue weighted by Gasteiger charge is -2.24. The number of benzene rings is 2. The predicted octanol–water partition coefficient (Wildman–Crippen LogP) is 5.04. The fraction of sp³-hybridized carbons (Fsp3) is 0.217. The van der Waals surface area contributed by atoms with Crippen LogP contribution in [0.3, 0.4) is 0 Å². The van der Waals surface area contributed by atoms with Gasteiger partial charge in [-0.05, 0) is 48.7 Å². The number of aromatic nitrogens is 1. The zero-order chi connectivity index (χ0) is 21.8. The summed E-state index contributed by atoms with van der Waals surface area (Å²) >= 11 is 12.6. The molecule has 0 unspecified atom stereocenters. The van der Waals surface area contributed by atoms with Crippen molar-refractivity contribution in [3.05, 3.63) is 97.4 Å². The van der Waals surface area contributed by atoms with Crippen LogP contribution in [-0.4, -0.2) is 22.7 Å². The SMILES string of the molecule is Cc1ccccc1N(C)Cc1c(Cl)cc(Cl)c(=O)n1CCc1ccc(C(=O)O)cc1. The number of pyridine rings is 1. The zero-order valence-corrected chi connectivity index (χ0v) is 18.2. The average Bonchev–Trinajstić information content (AvgIpc) is 2.72. The minimum atomic E-state index is -0.971. The number of aryl methyl sites for hydroxylation is 2. The van der Waals surface area contributed by atoms with Crippen molar-refractivity contribution in [1.29, 1.82) is 0 Å². The summed E-state index contributed by atoms with van der Waals surface area (Å²) < 4.78 is 1.60. The fourth-order valence-corrected chi connectivity index (χ4v) is 3.93. The van der Waals surface area contributed by atoms with Crippen LogP contribution in [-0.2, 0) is 19.5 Å². The third-order valence-electron chi connectivity index (χ3n) is 5.04. The summed E-state index contributed by atoms with van der Waals surface area (Å²) in [7, 11) is 1.95. The van der Waals surface area contributed by atoms with Crippen molar-refractivity contribution in [2.75, 3.05) is 11.9 Å². The highest BCUT2D eigenvalue weighted by molar-refractivity contribution is 6.34. The first-order chi connectivity index (χ1) is 14.3. The molecule has 0 saturated heterocycles. The van der Waals surface area contributed by atoms with Gasteiger partial charge in [-0.3, -0.25) is 4.79 Å². The summed E-state index contributed by atoms with van der Waals surface area (Å²) in [6, 6.07) is 16.1. The molecule has 0 radical (unpaired) electrons. The van der Waals surface area contributed by atoms with E-state index in [0.717, 1.165) is 16.8 Å². The first-order valence-electron chi connectivity index (χ1n) is 9.44. The van der Waals surface area contributed by atoms with E-state index >= 15 is 0 Å². The maximum Gasteiger partial charge on any atom is 0.335 e. The number of carboxylic acids is 1. The molecule has 0 amide bonds. The second kappa shape index (κ2) is 9.37. The Morgan fingerprint density at radius 1 is 1.07 bits per heavy atom. The van der Waals surface area contributed by atoms with Gasteiger partial charge in [-0.15, -0.1) is 0 Å². The Bertz CT molecular complexity index is 1120. The largest absolute Gasteiger partial charge is 0.478 e. The van der Waals surface area contributed by atoms with Gasteiger partial charge in [-0.25, -0.2) is 4.79 Å². The second-order valence-corrected chi connectivity index (χ2v) is 7.95. The van der Waals surface area contributed by atoms with E-state index < -0.39 is 5.97 Å². The van der Waals surface area contributed by atoms with Crippen LogP contribution in [0.5, 0.6) is 0 Å². The van der Waals surface area contributed by atoms with Crippen molar-refractivity contribution in [2.45, 2.75) is 26.4 Å². The Morgan fingerprint density at radius 3 is 2.37 bits per heavy atom. The van der Waals surface area contributed by atoms with Crippen LogP contribution in [0.25, 0.3) is 0 Å². The van der Waals surface area contributed by atoms with E-state index in [2.05, 4.69) is 0 Å². The first kappa shape index (κ1) is 21.9. The Hall–Kier alpha value is -2.76. The summed E-state index contributed by atoms with van der Waals surface area (Å²) in [6.45, 7) is 2.85. The van der Waals surface area contributed by atoms with Crippen molar-refractivity contribution in [1.82, 2.24) is 4.57 Å². The molecule has 7 heteroatoms. The number of hydrogen-bond donors (Lipinski definition) is 1. The maximum atomic E-state index is 12.8. The highest BCUT2D eigenvalue weighted by atomic mass is 35.5. The van der Waals surface area contributed by atoms with Gasteiger partial charge in [0.25, 0.3) is 5.56 Å². The molecular formula is C23H22Cl2N2O3. The summed E-state index contributed by atoms with van der Waals surface area (Å²) in [5.74, 6) is -0.971. The highest BCUT2D eigenvalue weighted by Gasteiger charge is 2.16. The van der Waals surface area contributed by atoms with Gasteiger partial charge in [0.1, 0.15) is 5.02 Å². The number of nitrogens with zero attached hydrogens (tertiary/aromatic N) is 2. The number of hydrogen-bond acceptors (Lipinski definition) is 3. The molecule has 0 atom stereocenters. The van der Waals surface area contributed by atoms with Gasteiger partial charge < -0.3 is 14.6 Å². The maximum absolute atomic E-state index is 12.8. The fourth-order valence-electron chi connectivity index (χ4n) is 3.39. The van der Waals surface area contributed by atoms with Crippen molar-refractivity contribution in [3.8, 4) is 0 Å². The molecule has 0 spiro atoms. The minimum Gasteiger partial charge on any atom is -0.478 e. The van der Waals surface area contributed by atoms with E-state index in [4.69, 9.17) is 28.3 Å². The zero-order valence-electron chi connectivity index (χ0n) is 16.7. The van der Waals surface area contributed by atoms with Gasteiger partial charge in [-0.1, -0.05) is 53.5 Å². The number of rotatable bonds is 7. The summed E-state index contributed by atoms with van der Waals surface area (Å²) in [5.41, 5.74) is 3.70. The van der Waals surface area contributed by atoms with E-state index in [1.54, 1.807) is 28.8 Å². The molecule has 1 N–H and O–H groups in total. The van der Waals surface area contributed by atoms with Crippen LogP contribution >= 0.6 is 23.2 Å². The summed E-state index contributed by atoms with van der Waals surface area (Å²) in [4.78, 5) is 25.8. The second-order valence-electron chi connectivity index (χ2n) is 7.14. The molecule has 30 heavy (non-hydrogen) atoms. The topological polar surface area (TPSA) is 62.5 Å². The molecule has 5 nitrogen and oxygen atoms in total. The molecule has 1 heterocycles. The van der Waals surface area contributed by atoms with Crippen LogP contribution in [0, 0.1) is 6.92 Å². The van der Waals surface area contributed by atoms with Crippen LogP contribution < -0.4 is 10.5 Å². The Morgan fingerprint density at radius 2 is 1.73 bits per heavy atom. The Balaban J connectivity index is 1.89.